The molecule has 5 heteroatoms. The molecule has 1 aliphatic rings. The molecule has 3 N–H and O–H groups in total. The van der Waals surface area contributed by atoms with Gasteiger partial charge >= 0.3 is 0 Å². The van der Waals surface area contributed by atoms with Crippen LogP contribution in [0.5, 0.6) is 0 Å². The van der Waals surface area contributed by atoms with Crippen LogP contribution in [-0.2, 0) is 0 Å². The molecule has 1 saturated carbocycles. The number of nitrogens with two attached hydrogens (primary N) is 1. The van der Waals surface area contributed by atoms with E-state index in [0.29, 0.717) is 22.7 Å². The Hall–Kier alpha value is -1.23. The quantitative estimate of drug-likeness (QED) is 0.832. The van der Waals surface area contributed by atoms with Crippen molar-refractivity contribution in [2.75, 3.05) is 5.32 Å². The standard InChI is InChI=1S/C14H22N4S/c1-9-8-10(12(15)19)17-13(16-9)18-11-6-4-5-7-14(11,2)3/h8,11H,4-7H2,1-3H3,(H2,15,19)(H,16,17,18). The van der Waals surface area contributed by atoms with E-state index < -0.39 is 0 Å². The normalized spacial score (nSPS) is 21.9. The minimum atomic E-state index is 0.273. The van der Waals surface area contributed by atoms with Crippen molar-refractivity contribution < 1.29 is 0 Å². The van der Waals surface area contributed by atoms with E-state index in [1.165, 1.54) is 19.3 Å². The molecule has 0 spiro atoms. The summed E-state index contributed by atoms with van der Waals surface area (Å²) in [6.45, 7) is 6.53. The molecule has 0 bridgehead atoms. The van der Waals surface area contributed by atoms with Gasteiger partial charge in [-0.1, -0.05) is 38.9 Å². The van der Waals surface area contributed by atoms with Crippen LogP contribution in [0.2, 0.25) is 0 Å². The first-order valence-corrected chi connectivity index (χ1v) is 7.21. The Balaban J connectivity index is 2.20. The fraction of sp³-hybridized carbons (Fsp3) is 0.643. The van der Waals surface area contributed by atoms with Crippen molar-refractivity contribution in [1.29, 1.82) is 0 Å². The molecule has 2 rings (SSSR count). The monoisotopic (exact) mass is 278 g/mol. The Morgan fingerprint density at radius 3 is 2.79 bits per heavy atom. The van der Waals surface area contributed by atoms with Crippen LogP contribution in [0, 0.1) is 12.3 Å². The minimum Gasteiger partial charge on any atom is -0.388 e. The second-order valence-corrected chi connectivity index (χ2v) is 6.45. The SMILES string of the molecule is Cc1cc(C(N)=S)nc(NC2CCCCC2(C)C)n1. The molecule has 0 aromatic carbocycles. The first kappa shape index (κ1) is 14.2. The zero-order chi connectivity index (χ0) is 14.0. The highest BCUT2D eigenvalue weighted by molar-refractivity contribution is 7.80. The number of nitrogens with zero attached hydrogens (tertiary/aromatic N) is 2. The van der Waals surface area contributed by atoms with Gasteiger partial charge in [-0.3, -0.25) is 0 Å². The fourth-order valence-corrected chi connectivity index (χ4v) is 2.78. The summed E-state index contributed by atoms with van der Waals surface area (Å²) in [6.07, 6.45) is 4.96. The molecule has 0 aliphatic heterocycles. The predicted octanol–water partition coefficient (Wildman–Crippen LogP) is 2.80. The van der Waals surface area contributed by atoms with Crippen LogP contribution in [0.1, 0.15) is 50.9 Å². The van der Waals surface area contributed by atoms with E-state index in [0.717, 1.165) is 12.1 Å². The number of aromatic nitrogens is 2. The summed E-state index contributed by atoms with van der Waals surface area (Å²) in [5.41, 5.74) is 7.44. The topological polar surface area (TPSA) is 63.8 Å². The Morgan fingerprint density at radius 2 is 2.16 bits per heavy atom. The molecule has 1 fully saturated rings. The van der Waals surface area contributed by atoms with Crippen molar-refractivity contribution in [3.05, 3.63) is 17.5 Å². The summed E-state index contributed by atoms with van der Waals surface area (Å²) < 4.78 is 0. The van der Waals surface area contributed by atoms with Gasteiger partial charge < -0.3 is 11.1 Å². The van der Waals surface area contributed by atoms with Gasteiger partial charge in [-0.2, -0.15) is 0 Å². The lowest BCUT2D eigenvalue weighted by molar-refractivity contribution is 0.216. The third-order valence-electron chi connectivity index (χ3n) is 3.92. The average molecular weight is 278 g/mol. The summed E-state index contributed by atoms with van der Waals surface area (Å²) in [6, 6.07) is 2.22. The van der Waals surface area contributed by atoms with Gasteiger partial charge in [0.15, 0.2) is 0 Å². The molecule has 1 aliphatic carbocycles. The van der Waals surface area contributed by atoms with Crippen LogP contribution in [0.15, 0.2) is 6.07 Å². The molecule has 0 saturated heterocycles. The molecule has 104 valence electrons. The van der Waals surface area contributed by atoms with E-state index in [2.05, 4.69) is 29.1 Å². The predicted molar refractivity (Wildman–Crippen MR) is 82.3 cm³/mol. The van der Waals surface area contributed by atoms with Crippen molar-refractivity contribution in [1.82, 2.24) is 9.97 Å². The second kappa shape index (κ2) is 5.41. The lowest BCUT2D eigenvalue weighted by Crippen LogP contribution is -2.39. The molecule has 1 aromatic heterocycles. The Morgan fingerprint density at radius 1 is 1.42 bits per heavy atom. The Labute approximate surface area is 120 Å². The van der Waals surface area contributed by atoms with Crippen LogP contribution in [0.25, 0.3) is 0 Å². The molecule has 0 radical (unpaired) electrons. The number of anilines is 1. The van der Waals surface area contributed by atoms with Crippen molar-refractivity contribution in [3.63, 3.8) is 0 Å². The molecular formula is C14H22N4S. The maximum atomic E-state index is 5.65. The molecule has 1 heterocycles. The van der Waals surface area contributed by atoms with Gasteiger partial charge in [0.05, 0.1) is 0 Å². The van der Waals surface area contributed by atoms with Crippen molar-refractivity contribution in [2.45, 2.75) is 52.5 Å². The highest BCUT2D eigenvalue weighted by Gasteiger charge is 2.32. The van der Waals surface area contributed by atoms with Crippen LogP contribution >= 0.6 is 12.2 Å². The summed E-state index contributed by atoms with van der Waals surface area (Å²) in [5, 5.41) is 3.47. The lowest BCUT2D eigenvalue weighted by Gasteiger charge is -2.39. The summed E-state index contributed by atoms with van der Waals surface area (Å²) in [7, 11) is 0. The number of aryl methyl sites for hydroxylation is 1. The maximum absolute atomic E-state index is 5.65. The van der Waals surface area contributed by atoms with E-state index in [9.17, 15) is 0 Å². The molecule has 4 nitrogen and oxygen atoms in total. The first-order chi connectivity index (χ1) is 8.88. The van der Waals surface area contributed by atoms with E-state index >= 15 is 0 Å². The van der Waals surface area contributed by atoms with Crippen LogP contribution in [-0.4, -0.2) is 21.0 Å². The van der Waals surface area contributed by atoms with Crippen LogP contribution in [0.3, 0.4) is 0 Å². The van der Waals surface area contributed by atoms with Gasteiger partial charge in [0.1, 0.15) is 10.7 Å². The van der Waals surface area contributed by atoms with Gasteiger partial charge in [0.25, 0.3) is 0 Å². The van der Waals surface area contributed by atoms with Crippen LogP contribution < -0.4 is 11.1 Å². The molecule has 0 amide bonds. The zero-order valence-corrected chi connectivity index (χ0v) is 12.7. The van der Waals surface area contributed by atoms with Gasteiger partial charge in [0.2, 0.25) is 5.95 Å². The van der Waals surface area contributed by atoms with E-state index in [-0.39, 0.29) is 5.41 Å². The largest absolute Gasteiger partial charge is 0.388 e. The average Bonchev–Trinajstić information content (AvgIpc) is 2.31. The molecule has 1 atom stereocenters. The minimum absolute atomic E-state index is 0.273. The van der Waals surface area contributed by atoms with E-state index in [4.69, 9.17) is 18.0 Å². The Kier molecular flexibility index (Phi) is 4.04. The number of hydrogen-bond donors (Lipinski definition) is 2. The summed E-state index contributed by atoms with van der Waals surface area (Å²) in [5.74, 6) is 0.641. The van der Waals surface area contributed by atoms with Gasteiger partial charge in [-0.25, -0.2) is 9.97 Å². The fourth-order valence-electron chi connectivity index (χ4n) is 2.68. The second-order valence-electron chi connectivity index (χ2n) is 6.01. The number of hydrogen-bond acceptors (Lipinski definition) is 4. The van der Waals surface area contributed by atoms with E-state index in [1.54, 1.807) is 0 Å². The highest BCUT2D eigenvalue weighted by Crippen LogP contribution is 2.36. The van der Waals surface area contributed by atoms with Gasteiger partial charge in [0, 0.05) is 11.7 Å². The maximum Gasteiger partial charge on any atom is 0.223 e. The third-order valence-corrected chi connectivity index (χ3v) is 4.13. The van der Waals surface area contributed by atoms with Crippen LogP contribution in [0.4, 0.5) is 5.95 Å². The van der Waals surface area contributed by atoms with Crippen molar-refractivity contribution in [3.8, 4) is 0 Å². The lowest BCUT2D eigenvalue weighted by atomic mass is 9.73. The smallest absolute Gasteiger partial charge is 0.223 e. The number of nitrogens with one attached hydrogen (secondary N) is 1. The molecule has 1 aromatic rings. The third kappa shape index (κ3) is 3.41. The number of thiocarbonyl (C=S) groups is 1. The molecular weight excluding hydrogens is 256 g/mol. The molecule has 1 unspecified atom stereocenters. The first-order valence-electron chi connectivity index (χ1n) is 6.80. The zero-order valence-electron chi connectivity index (χ0n) is 11.9. The summed E-state index contributed by atoms with van der Waals surface area (Å²) in [4.78, 5) is 9.16. The van der Waals surface area contributed by atoms with E-state index in [1.807, 2.05) is 13.0 Å². The number of rotatable bonds is 3. The van der Waals surface area contributed by atoms with Gasteiger partial charge in [-0.15, -0.1) is 0 Å². The summed E-state index contributed by atoms with van der Waals surface area (Å²) >= 11 is 4.99. The van der Waals surface area contributed by atoms with Gasteiger partial charge in [-0.05, 0) is 31.2 Å². The highest BCUT2D eigenvalue weighted by atomic mass is 32.1. The van der Waals surface area contributed by atoms with Crippen molar-refractivity contribution in [2.24, 2.45) is 11.1 Å². The van der Waals surface area contributed by atoms with Crippen molar-refractivity contribution >= 4 is 23.2 Å². The Bertz CT molecular complexity index is 484. The molecule has 19 heavy (non-hydrogen) atoms.